The first kappa shape index (κ1) is 18.4. The van der Waals surface area contributed by atoms with Crippen molar-refractivity contribution in [3.63, 3.8) is 0 Å². The van der Waals surface area contributed by atoms with E-state index in [2.05, 4.69) is 25.8 Å². The van der Waals surface area contributed by atoms with Gasteiger partial charge in [0, 0.05) is 6.54 Å². The van der Waals surface area contributed by atoms with Crippen LogP contribution in [0.3, 0.4) is 0 Å². The van der Waals surface area contributed by atoms with E-state index in [-0.39, 0.29) is 6.10 Å². The Morgan fingerprint density at radius 1 is 1.04 bits per heavy atom. The van der Waals surface area contributed by atoms with Crippen LogP contribution in [0.1, 0.15) is 19.4 Å². The minimum Gasteiger partial charge on any atom is -0.497 e. The summed E-state index contributed by atoms with van der Waals surface area (Å²) in [7, 11) is 1.65. The van der Waals surface area contributed by atoms with Gasteiger partial charge in [0.1, 0.15) is 11.5 Å². The Morgan fingerprint density at radius 3 is 2.56 bits per heavy atom. The van der Waals surface area contributed by atoms with Crippen LogP contribution in [-0.4, -0.2) is 28.4 Å². The molecule has 0 aliphatic carbocycles. The van der Waals surface area contributed by atoms with Gasteiger partial charge < -0.3 is 20.1 Å². The number of aromatic nitrogens is 3. The Labute approximate surface area is 158 Å². The third-order valence-corrected chi connectivity index (χ3v) is 3.68. The molecular weight excluding hydrogens is 342 g/mol. The number of rotatable bonds is 8. The number of benzene rings is 2. The number of hydrogen-bond acceptors (Lipinski definition) is 7. The first-order valence-electron chi connectivity index (χ1n) is 8.73. The monoisotopic (exact) mass is 365 g/mol. The van der Waals surface area contributed by atoms with Crippen molar-refractivity contribution in [2.24, 2.45) is 0 Å². The summed E-state index contributed by atoms with van der Waals surface area (Å²) in [6.45, 7) is 4.57. The second-order valence-electron chi connectivity index (χ2n) is 6.15. The van der Waals surface area contributed by atoms with Crippen molar-refractivity contribution in [1.82, 2.24) is 15.2 Å². The van der Waals surface area contributed by atoms with Gasteiger partial charge in [0.15, 0.2) is 5.82 Å². The Balaban J connectivity index is 1.67. The highest BCUT2D eigenvalue weighted by molar-refractivity contribution is 5.64. The molecule has 2 N–H and O–H groups in total. The van der Waals surface area contributed by atoms with Crippen molar-refractivity contribution in [1.29, 1.82) is 0 Å². The summed E-state index contributed by atoms with van der Waals surface area (Å²) in [5.74, 6) is 2.61. The minimum absolute atomic E-state index is 0.0817. The molecule has 0 radical (unpaired) electrons. The number of nitrogens with one attached hydrogen (secondary N) is 2. The number of nitrogens with zero attached hydrogens (tertiary/aromatic N) is 3. The fraction of sp³-hybridized carbons (Fsp3) is 0.250. The molecule has 0 aliphatic rings. The molecule has 1 heterocycles. The zero-order valence-corrected chi connectivity index (χ0v) is 15.6. The summed E-state index contributed by atoms with van der Waals surface area (Å²) >= 11 is 0. The third kappa shape index (κ3) is 5.31. The number of ether oxygens (including phenoxy) is 2. The molecule has 7 nitrogen and oxygen atoms in total. The van der Waals surface area contributed by atoms with Crippen molar-refractivity contribution in [2.75, 3.05) is 17.7 Å². The highest BCUT2D eigenvalue weighted by atomic mass is 16.5. The fourth-order valence-electron chi connectivity index (χ4n) is 2.43. The molecule has 0 atom stereocenters. The Bertz CT molecular complexity index is 868. The van der Waals surface area contributed by atoms with E-state index in [1.165, 1.54) is 0 Å². The molecule has 0 saturated heterocycles. The van der Waals surface area contributed by atoms with Gasteiger partial charge >= 0.3 is 0 Å². The Hall–Kier alpha value is -3.35. The van der Waals surface area contributed by atoms with Gasteiger partial charge in [0.05, 0.1) is 25.1 Å². The summed E-state index contributed by atoms with van der Waals surface area (Å²) in [6.07, 6.45) is 1.66. The van der Waals surface area contributed by atoms with E-state index >= 15 is 0 Å². The Kier molecular flexibility index (Phi) is 6.04. The molecule has 0 fully saturated rings. The second-order valence-corrected chi connectivity index (χ2v) is 6.15. The molecule has 0 saturated carbocycles. The zero-order valence-electron chi connectivity index (χ0n) is 15.6. The molecule has 0 spiro atoms. The zero-order chi connectivity index (χ0) is 19.1. The lowest BCUT2D eigenvalue weighted by Gasteiger charge is -2.15. The van der Waals surface area contributed by atoms with Gasteiger partial charge in [-0.25, -0.2) is 0 Å². The Morgan fingerprint density at radius 2 is 1.81 bits per heavy atom. The van der Waals surface area contributed by atoms with Crippen molar-refractivity contribution in [2.45, 2.75) is 26.5 Å². The summed E-state index contributed by atoms with van der Waals surface area (Å²) in [5, 5.41) is 14.5. The lowest BCUT2D eigenvalue weighted by molar-refractivity contribution is 0.244. The number of hydrogen-bond donors (Lipinski definition) is 2. The molecule has 140 valence electrons. The molecule has 3 aromatic rings. The normalized spacial score (nSPS) is 10.5. The molecule has 1 aromatic heterocycles. The highest BCUT2D eigenvalue weighted by Crippen LogP contribution is 2.27. The summed E-state index contributed by atoms with van der Waals surface area (Å²) in [5.41, 5.74) is 1.92. The molecule has 7 heteroatoms. The molecule has 0 bridgehead atoms. The molecule has 0 unspecified atom stereocenters. The van der Waals surface area contributed by atoms with Crippen molar-refractivity contribution in [3.05, 3.63) is 60.3 Å². The first-order valence-corrected chi connectivity index (χ1v) is 8.73. The molecule has 0 aliphatic heterocycles. The van der Waals surface area contributed by atoms with E-state index in [0.29, 0.717) is 18.3 Å². The van der Waals surface area contributed by atoms with E-state index in [0.717, 1.165) is 22.7 Å². The SMILES string of the molecule is COc1ccc(CNc2nncc(Nc3ccccc3OC(C)C)n2)cc1. The maximum absolute atomic E-state index is 5.82. The van der Waals surface area contributed by atoms with Crippen LogP contribution < -0.4 is 20.1 Å². The van der Waals surface area contributed by atoms with Crippen molar-refractivity contribution in [3.8, 4) is 11.5 Å². The van der Waals surface area contributed by atoms with Crippen molar-refractivity contribution >= 4 is 17.5 Å². The van der Waals surface area contributed by atoms with Gasteiger partial charge in [-0.2, -0.15) is 10.1 Å². The van der Waals surface area contributed by atoms with Gasteiger partial charge in [-0.3, -0.25) is 0 Å². The van der Waals surface area contributed by atoms with Gasteiger partial charge in [0.2, 0.25) is 5.95 Å². The van der Waals surface area contributed by atoms with Crippen LogP contribution >= 0.6 is 0 Å². The highest BCUT2D eigenvalue weighted by Gasteiger charge is 2.07. The molecular formula is C20H23N5O2. The fourth-order valence-corrected chi connectivity index (χ4v) is 2.43. The molecule has 2 aromatic carbocycles. The second kappa shape index (κ2) is 8.84. The predicted octanol–water partition coefficient (Wildman–Crippen LogP) is 4.02. The van der Waals surface area contributed by atoms with Gasteiger partial charge in [-0.15, -0.1) is 5.10 Å². The molecule has 3 rings (SSSR count). The average Bonchev–Trinajstić information content (AvgIpc) is 2.68. The van der Waals surface area contributed by atoms with Crippen molar-refractivity contribution < 1.29 is 9.47 Å². The number of methoxy groups -OCH3 is 1. The smallest absolute Gasteiger partial charge is 0.244 e. The standard InChI is InChI=1S/C20H23N5O2/c1-14(2)27-18-7-5-4-6-17(18)23-19-13-22-25-20(24-19)21-12-15-8-10-16(26-3)11-9-15/h4-11,13-14H,12H2,1-3H3,(H2,21,23,24,25). The average molecular weight is 365 g/mol. The summed E-state index contributed by atoms with van der Waals surface area (Å²) in [6, 6.07) is 15.5. The lowest BCUT2D eigenvalue weighted by Crippen LogP contribution is -2.09. The molecule has 27 heavy (non-hydrogen) atoms. The maximum Gasteiger partial charge on any atom is 0.244 e. The van der Waals surface area contributed by atoms with Gasteiger partial charge in [-0.1, -0.05) is 24.3 Å². The lowest BCUT2D eigenvalue weighted by atomic mass is 10.2. The minimum atomic E-state index is 0.0817. The van der Waals surface area contributed by atoms with E-state index in [1.807, 2.05) is 62.4 Å². The number of anilines is 3. The van der Waals surface area contributed by atoms with E-state index in [9.17, 15) is 0 Å². The van der Waals surface area contributed by atoms with E-state index in [4.69, 9.17) is 9.47 Å². The van der Waals surface area contributed by atoms with Gasteiger partial charge in [-0.05, 0) is 43.7 Å². The first-order chi connectivity index (χ1) is 13.1. The van der Waals surface area contributed by atoms with Crippen LogP contribution in [0.15, 0.2) is 54.7 Å². The largest absolute Gasteiger partial charge is 0.497 e. The maximum atomic E-state index is 5.82. The van der Waals surface area contributed by atoms with E-state index < -0.39 is 0 Å². The van der Waals surface area contributed by atoms with Crippen LogP contribution in [0.4, 0.5) is 17.5 Å². The summed E-state index contributed by atoms with van der Waals surface area (Å²) < 4.78 is 11.0. The molecule has 0 amide bonds. The van der Waals surface area contributed by atoms with Crippen LogP contribution in [-0.2, 0) is 6.54 Å². The quantitative estimate of drug-likeness (QED) is 0.624. The van der Waals surface area contributed by atoms with Gasteiger partial charge in [0.25, 0.3) is 0 Å². The van der Waals surface area contributed by atoms with Crippen LogP contribution in [0.2, 0.25) is 0 Å². The number of para-hydroxylation sites is 2. The van der Waals surface area contributed by atoms with Crippen LogP contribution in [0, 0.1) is 0 Å². The topological polar surface area (TPSA) is 81.2 Å². The third-order valence-electron chi connectivity index (χ3n) is 3.68. The van der Waals surface area contributed by atoms with Crippen LogP contribution in [0.5, 0.6) is 11.5 Å². The summed E-state index contributed by atoms with van der Waals surface area (Å²) in [4.78, 5) is 4.46. The van der Waals surface area contributed by atoms with E-state index in [1.54, 1.807) is 13.3 Å². The predicted molar refractivity (Wildman–Crippen MR) is 106 cm³/mol. The van der Waals surface area contributed by atoms with Crippen LogP contribution in [0.25, 0.3) is 0 Å².